The molecule has 6 heteroatoms. The Bertz CT molecular complexity index is 1040. The molecule has 1 saturated heterocycles. The number of para-hydroxylation sites is 1. The molecule has 2 aliphatic heterocycles. The third-order valence-corrected chi connectivity index (χ3v) is 5.76. The van der Waals surface area contributed by atoms with Crippen molar-refractivity contribution >= 4 is 5.97 Å². The first kappa shape index (κ1) is 19.2. The van der Waals surface area contributed by atoms with Gasteiger partial charge in [0.1, 0.15) is 11.4 Å². The summed E-state index contributed by atoms with van der Waals surface area (Å²) in [6, 6.07) is 13.3. The largest absolute Gasteiger partial charge is 0.482 e. The zero-order valence-corrected chi connectivity index (χ0v) is 16.7. The second-order valence-corrected chi connectivity index (χ2v) is 7.61. The standard InChI is InChI=1S/C14H15N3O.C9H10O2/c1-2-4-12-10(3-1)13-11(9-16-17-13)14(18-12)5-7-15-8-6-14;1-6-3-4-8(9(10)11)5-7(6)2/h1-4,9,15H,5-8H2,(H,16,17);3-5H,1-2H3,(H,10,11). The quantitative estimate of drug-likeness (QED) is 0.583. The highest BCUT2D eigenvalue weighted by molar-refractivity contribution is 5.87. The molecule has 3 N–H and O–H groups in total. The van der Waals surface area contributed by atoms with Crippen LogP contribution in [-0.2, 0) is 5.60 Å². The molecule has 2 aromatic carbocycles. The van der Waals surface area contributed by atoms with Crippen LogP contribution in [-0.4, -0.2) is 34.4 Å². The minimum atomic E-state index is -0.867. The van der Waals surface area contributed by atoms with Crippen molar-refractivity contribution in [2.24, 2.45) is 0 Å². The lowest BCUT2D eigenvalue weighted by atomic mass is 9.81. The van der Waals surface area contributed by atoms with Gasteiger partial charge in [0, 0.05) is 24.0 Å². The molecule has 0 unspecified atom stereocenters. The highest BCUT2D eigenvalue weighted by Crippen LogP contribution is 2.47. The molecular weight excluding hydrogens is 366 g/mol. The lowest BCUT2D eigenvalue weighted by Crippen LogP contribution is -2.45. The van der Waals surface area contributed by atoms with Gasteiger partial charge in [0.25, 0.3) is 0 Å². The van der Waals surface area contributed by atoms with Gasteiger partial charge in [0.2, 0.25) is 0 Å². The first-order chi connectivity index (χ1) is 14.0. The molecule has 1 spiro atoms. The third-order valence-electron chi connectivity index (χ3n) is 5.76. The lowest BCUT2D eigenvalue weighted by molar-refractivity contribution is 0.0308. The van der Waals surface area contributed by atoms with Crippen molar-refractivity contribution in [1.82, 2.24) is 15.5 Å². The van der Waals surface area contributed by atoms with E-state index in [0.29, 0.717) is 5.56 Å². The average molecular weight is 391 g/mol. The van der Waals surface area contributed by atoms with Crippen LogP contribution < -0.4 is 10.1 Å². The van der Waals surface area contributed by atoms with Crippen molar-refractivity contribution in [2.45, 2.75) is 32.3 Å². The number of hydrogen-bond acceptors (Lipinski definition) is 4. The van der Waals surface area contributed by atoms with Gasteiger partial charge in [-0.1, -0.05) is 18.2 Å². The van der Waals surface area contributed by atoms with Gasteiger partial charge in [-0.25, -0.2) is 4.79 Å². The number of hydrogen-bond donors (Lipinski definition) is 3. The van der Waals surface area contributed by atoms with Gasteiger partial charge in [-0.3, -0.25) is 5.10 Å². The number of fused-ring (bicyclic) bond motifs is 4. The second kappa shape index (κ2) is 7.72. The topological polar surface area (TPSA) is 87.2 Å². The smallest absolute Gasteiger partial charge is 0.335 e. The molecule has 2 aliphatic rings. The number of nitrogens with zero attached hydrogens (tertiary/aromatic N) is 1. The van der Waals surface area contributed by atoms with E-state index in [1.807, 2.05) is 44.3 Å². The number of piperidine rings is 1. The minimum absolute atomic E-state index is 0.193. The van der Waals surface area contributed by atoms with Crippen LogP contribution >= 0.6 is 0 Å². The molecule has 29 heavy (non-hydrogen) atoms. The van der Waals surface area contributed by atoms with E-state index >= 15 is 0 Å². The fourth-order valence-corrected chi connectivity index (χ4v) is 3.94. The number of aromatic amines is 1. The van der Waals surface area contributed by atoms with Crippen LogP contribution in [0, 0.1) is 13.8 Å². The van der Waals surface area contributed by atoms with Crippen molar-refractivity contribution < 1.29 is 14.6 Å². The number of carboxylic acid groups (broad SMARTS) is 1. The van der Waals surface area contributed by atoms with Crippen LogP contribution in [0.25, 0.3) is 11.3 Å². The van der Waals surface area contributed by atoms with Gasteiger partial charge in [-0.05, 0) is 62.3 Å². The van der Waals surface area contributed by atoms with Gasteiger partial charge in [-0.15, -0.1) is 0 Å². The summed E-state index contributed by atoms with van der Waals surface area (Å²) in [5, 5.41) is 19.4. The minimum Gasteiger partial charge on any atom is -0.482 e. The van der Waals surface area contributed by atoms with Crippen LogP contribution in [0.1, 0.15) is 39.9 Å². The fraction of sp³-hybridized carbons (Fsp3) is 0.304. The van der Waals surface area contributed by atoms with Crippen molar-refractivity contribution in [3.05, 3.63) is 70.9 Å². The number of carbonyl (C=O) groups is 1. The van der Waals surface area contributed by atoms with Crippen LogP contribution in [0.15, 0.2) is 48.7 Å². The molecule has 5 rings (SSSR count). The molecule has 0 saturated carbocycles. The molecular formula is C23H25N3O3. The zero-order chi connectivity index (χ0) is 20.4. The lowest BCUT2D eigenvalue weighted by Gasteiger charge is -2.41. The second-order valence-electron chi connectivity index (χ2n) is 7.61. The molecule has 1 aromatic heterocycles. The van der Waals surface area contributed by atoms with E-state index in [0.717, 1.165) is 54.1 Å². The Morgan fingerprint density at radius 2 is 1.86 bits per heavy atom. The number of aromatic carboxylic acids is 1. The average Bonchev–Trinajstić information content (AvgIpc) is 3.23. The summed E-state index contributed by atoms with van der Waals surface area (Å²) < 4.78 is 6.35. The van der Waals surface area contributed by atoms with Gasteiger partial charge in [0.15, 0.2) is 0 Å². The molecule has 3 heterocycles. The summed E-state index contributed by atoms with van der Waals surface area (Å²) in [6.45, 7) is 5.85. The predicted octanol–water partition coefficient (Wildman–Crippen LogP) is 4.05. The number of H-pyrrole nitrogens is 1. The third kappa shape index (κ3) is 3.63. The summed E-state index contributed by atoms with van der Waals surface area (Å²) in [5.74, 6) is 0.101. The van der Waals surface area contributed by atoms with Gasteiger partial charge >= 0.3 is 5.97 Å². The predicted molar refractivity (Wildman–Crippen MR) is 111 cm³/mol. The summed E-state index contributed by atoms with van der Waals surface area (Å²) in [5.41, 5.74) is 5.76. The van der Waals surface area contributed by atoms with E-state index in [1.54, 1.807) is 12.1 Å². The molecule has 0 bridgehead atoms. The number of aryl methyl sites for hydroxylation is 2. The van der Waals surface area contributed by atoms with E-state index in [4.69, 9.17) is 9.84 Å². The normalized spacial score (nSPS) is 16.1. The Morgan fingerprint density at radius 1 is 1.10 bits per heavy atom. The Hall–Kier alpha value is -3.12. The highest BCUT2D eigenvalue weighted by atomic mass is 16.5. The van der Waals surface area contributed by atoms with Gasteiger partial charge in [-0.2, -0.15) is 5.10 Å². The zero-order valence-electron chi connectivity index (χ0n) is 16.7. The van der Waals surface area contributed by atoms with Crippen molar-refractivity contribution in [3.8, 4) is 17.0 Å². The van der Waals surface area contributed by atoms with Crippen LogP contribution in [0.4, 0.5) is 0 Å². The fourth-order valence-electron chi connectivity index (χ4n) is 3.94. The Labute approximate surface area is 169 Å². The van der Waals surface area contributed by atoms with Crippen LogP contribution in [0.2, 0.25) is 0 Å². The van der Waals surface area contributed by atoms with Crippen LogP contribution in [0.3, 0.4) is 0 Å². The molecule has 0 radical (unpaired) electrons. The molecule has 150 valence electrons. The number of nitrogens with one attached hydrogen (secondary N) is 2. The maximum atomic E-state index is 10.5. The number of ether oxygens (including phenoxy) is 1. The summed E-state index contributed by atoms with van der Waals surface area (Å²) in [6.07, 6.45) is 3.92. The SMILES string of the molecule is Cc1ccc(C(=O)O)cc1C.c1ccc2c(c1)OC1(CCNCC1)c1cn[nH]c1-2. The van der Waals surface area contributed by atoms with E-state index in [9.17, 15) is 4.79 Å². The maximum Gasteiger partial charge on any atom is 0.335 e. The number of rotatable bonds is 1. The molecule has 0 amide bonds. The molecule has 0 aliphatic carbocycles. The molecule has 6 nitrogen and oxygen atoms in total. The highest BCUT2D eigenvalue weighted by Gasteiger charge is 2.42. The monoisotopic (exact) mass is 391 g/mol. The summed E-state index contributed by atoms with van der Waals surface area (Å²) >= 11 is 0. The molecule has 1 fully saturated rings. The van der Waals surface area contributed by atoms with Gasteiger partial charge < -0.3 is 15.2 Å². The van der Waals surface area contributed by atoms with E-state index in [1.165, 1.54) is 5.56 Å². The Morgan fingerprint density at radius 3 is 2.59 bits per heavy atom. The number of aromatic nitrogens is 2. The van der Waals surface area contributed by atoms with Gasteiger partial charge in [0.05, 0.1) is 17.5 Å². The molecule has 3 aromatic rings. The van der Waals surface area contributed by atoms with E-state index in [-0.39, 0.29) is 5.60 Å². The number of carboxylic acids is 1. The van der Waals surface area contributed by atoms with Crippen molar-refractivity contribution in [1.29, 1.82) is 0 Å². The maximum absolute atomic E-state index is 10.5. The first-order valence-corrected chi connectivity index (χ1v) is 9.84. The number of benzene rings is 2. The Balaban J connectivity index is 0.000000161. The van der Waals surface area contributed by atoms with E-state index < -0.39 is 5.97 Å². The van der Waals surface area contributed by atoms with Crippen molar-refractivity contribution in [3.63, 3.8) is 0 Å². The molecule has 0 atom stereocenters. The summed E-state index contributed by atoms with van der Waals surface area (Å²) in [4.78, 5) is 10.5. The Kier molecular flexibility index (Phi) is 5.11. The van der Waals surface area contributed by atoms with Crippen LogP contribution in [0.5, 0.6) is 5.75 Å². The van der Waals surface area contributed by atoms with E-state index in [2.05, 4.69) is 21.6 Å². The first-order valence-electron chi connectivity index (χ1n) is 9.84. The summed E-state index contributed by atoms with van der Waals surface area (Å²) in [7, 11) is 0. The van der Waals surface area contributed by atoms with Crippen molar-refractivity contribution in [2.75, 3.05) is 13.1 Å².